The van der Waals surface area contributed by atoms with Crippen LogP contribution < -0.4 is 10.2 Å². The number of likely N-dealkylation sites (tertiary alicyclic amines) is 1. The fraction of sp³-hybridized carbons (Fsp3) is 0.542. The number of alkyl halides is 3. The van der Waals surface area contributed by atoms with E-state index in [4.69, 9.17) is 0 Å². The van der Waals surface area contributed by atoms with Crippen molar-refractivity contribution in [3.63, 3.8) is 0 Å². The number of fused-ring (bicyclic) bond motifs is 1. The van der Waals surface area contributed by atoms with Gasteiger partial charge in [-0.05, 0) is 49.1 Å². The van der Waals surface area contributed by atoms with Gasteiger partial charge in [0, 0.05) is 42.9 Å². The van der Waals surface area contributed by atoms with Crippen molar-refractivity contribution in [2.75, 3.05) is 37.6 Å². The molecule has 0 radical (unpaired) electrons. The summed E-state index contributed by atoms with van der Waals surface area (Å²) in [6.45, 7) is 6.16. The number of rotatable bonds is 4. The van der Waals surface area contributed by atoms with Crippen LogP contribution in [0.3, 0.4) is 0 Å². The largest absolute Gasteiger partial charge is 0.393 e. The maximum atomic E-state index is 13.8. The molecule has 2 aromatic rings. The summed E-state index contributed by atoms with van der Waals surface area (Å²) in [7, 11) is 0. The molecule has 2 aliphatic rings. The molecule has 0 aliphatic carbocycles. The number of carbonyl (C=O) groups excluding carboxylic acids is 1. The predicted octanol–water partition coefficient (Wildman–Crippen LogP) is 3.71. The van der Waals surface area contributed by atoms with Gasteiger partial charge in [0.25, 0.3) is 0 Å². The van der Waals surface area contributed by atoms with Crippen LogP contribution in [-0.2, 0) is 4.79 Å². The lowest BCUT2D eigenvalue weighted by atomic mass is 9.92. The van der Waals surface area contributed by atoms with Gasteiger partial charge in [0.2, 0.25) is 5.91 Å². The van der Waals surface area contributed by atoms with Gasteiger partial charge in [0.05, 0.1) is 23.5 Å². The van der Waals surface area contributed by atoms with Gasteiger partial charge in [0.15, 0.2) is 0 Å². The van der Waals surface area contributed by atoms with E-state index in [-0.39, 0.29) is 37.4 Å². The molecule has 0 saturated carbocycles. The highest BCUT2D eigenvalue weighted by atomic mass is 19.4. The van der Waals surface area contributed by atoms with E-state index in [1.165, 1.54) is 0 Å². The summed E-state index contributed by atoms with van der Waals surface area (Å²) >= 11 is 0. The topological polar surface area (TPSA) is 72.3 Å². The predicted molar refractivity (Wildman–Crippen MR) is 120 cm³/mol. The smallest absolute Gasteiger partial charge is 0.368 e. The molecule has 2 aliphatic heterocycles. The van der Waals surface area contributed by atoms with Gasteiger partial charge >= 0.3 is 6.18 Å². The Kier molecular flexibility index (Phi) is 6.23. The van der Waals surface area contributed by atoms with Gasteiger partial charge in [-0.1, -0.05) is 13.8 Å². The monoisotopic (exact) mass is 459 g/mol. The first-order valence-corrected chi connectivity index (χ1v) is 11.2. The molecule has 0 bridgehead atoms. The maximum Gasteiger partial charge on any atom is 0.393 e. The van der Waals surface area contributed by atoms with E-state index in [2.05, 4.69) is 35.1 Å². The number of halogens is 3. The minimum atomic E-state index is -4.37. The maximum absolute atomic E-state index is 13.8. The molecule has 1 N–H and O–H groups in total. The Hall–Kier alpha value is -2.86. The highest BCUT2D eigenvalue weighted by molar-refractivity contribution is 5.95. The van der Waals surface area contributed by atoms with E-state index < -0.39 is 18.1 Å². The van der Waals surface area contributed by atoms with E-state index in [9.17, 15) is 23.2 Å². The number of hydrogen-bond donors (Lipinski definition) is 1. The fourth-order valence-electron chi connectivity index (χ4n) is 5.00. The second-order valence-corrected chi connectivity index (χ2v) is 9.91. The average molecular weight is 460 g/mol. The molecule has 1 amide bonds. The van der Waals surface area contributed by atoms with Crippen LogP contribution in [0.5, 0.6) is 0 Å². The first-order valence-electron chi connectivity index (χ1n) is 11.2. The third-order valence-electron chi connectivity index (χ3n) is 6.61. The molecule has 2 fully saturated rings. The van der Waals surface area contributed by atoms with Crippen molar-refractivity contribution in [2.24, 2.45) is 11.3 Å². The second-order valence-electron chi connectivity index (χ2n) is 9.91. The second kappa shape index (κ2) is 8.82. The van der Waals surface area contributed by atoms with Crippen LogP contribution in [0.1, 0.15) is 32.3 Å². The molecule has 2 atom stereocenters. The lowest BCUT2D eigenvalue weighted by molar-refractivity contribution is -0.178. The molecule has 1 aromatic heterocycles. The molecule has 4 rings (SSSR count). The number of nitrogens with one attached hydrogen (secondary N) is 1. The zero-order chi connectivity index (χ0) is 23.8. The number of nitrogens with zero attached hydrogens (tertiary/aromatic N) is 4. The van der Waals surface area contributed by atoms with Crippen molar-refractivity contribution in [3.8, 4) is 6.07 Å². The lowest BCUT2D eigenvalue weighted by Crippen LogP contribution is -2.55. The van der Waals surface area contributed by atoms with Gasteiger partial charge in [-0.15, -0.1) is 0 Å². The van der Waals surface area contributed by atoms with Gasteiger partial charge in [-0.2, -0.15) is 18.4 Å². The average Bonchev–Trinajstić information content (AvgIpc) is 3.09. The highest BCUT2D eigenvalue weighted by Gasteiger charge is 2.45. The molecule has 6 nitrogen and oxygen atoms in total. The summed E-state index contributed by atoms with van der Waals surface area (Å²) < 4.78 is 41.4. The van der Waals surface area contributed by atoms with E-state index >= 15 is 0 Å². The van der Waals surface area contributed by atoms with Crippen LogP contribution in [0.2, 0.25) is 0 Å². The van der Waals surface area contributed by atoms with Crippen molar-refractivity contribution in [1.29, 1.82) is 5.26 Å². The number of benzene rings is 1. The summed E-state index contributed by atoms with van der Waals surface area (Å²) in [4.78, 5) is 20.7. The number of hydrogen-bond acceptors (Lipinski definition) is 5. The number of nitriles is 1. The minimum Gasteiger partial charge on any atom is -0.368 e. The third kappa shape index (κ3) is 5.22. The molecule has 9 heteroatoms. The summed E-state index contributed by atoms with van der Waals surface area (Å²) in [6, 6.07) is 8.18. The van der Waals surface area contributed by atoms with Crippen molar-refractivity contribution in [1.82, 2.24) is 15.2 Å². The Labute approximate surface area is 191 Å². The molecule has 3 heterocycles. The van der Waals surface area contributed by atoms with Crippen molar-refractivity contribution >= 4 is 22.5 Å². The Morgan fingerprint density at radius 1 is 1.30 bits per heavy atom. The van der Waals surface area contributed by atoms with E-state index in [1.807, 2.05) is 0 Å². The molecule has 0 spiro atoms. The molecule has 176 valence electrons. The Morgan fingerprint density at radius 3 is 2.76 bits per heavy atom. The summed E-state index contributed by atoms with van der Waals surface area (Å²) in [6.07, 6.45) is -1.97. The number of anilines is 1. The van der Waals surface area contributed by atoms with Crippen LogP contribution in [0.15, 0.2) is 30.5 Å². The standard InChI is InChI=1S/C24H28F3N5O/c1-23(2)7-9-31(15-23)14-21(33)30-18-10-17(24(25,26)27)12-32(13-18)20-6-5-16(11-28)22-19(20)4-3-8-29-22/h3-6,8,17-18H,7,9-10,12-15H2,1-2H3,(H,30,33)/t17-,18+/m0/s1. The third-order valence-corrected chi connectivity index (χ3v) is 6.61. The highest BCUT2D eigenvalue weighted by Crippen LogP contribution is 2.37. The van der Waals surface area contributed by atoms with Crippen molar-refractivity contribution in [2.45, 2.75) is 38.9 Å². The van der Waals surface area contributed by atoms with Crippen molar-refractivity contribution in [3.05, 3.63) is 36.0 Å². The number of piperidine rings is 1. The van der Waals surface area contributed by atoms with Gasteiger partial charge in [-0.3, -0.25) is 14.7 Å². The van der Waals surface area contributed by atoms with E-state index in [1.54, 1.807) is 35.4 Å². The number of aromatic nitrogens is 1. The van der Waals surface area contributed by atoms with Crippen LogP contribution in [-0.4, -0.2) is 60.7 Å². The van der Waals surface area contributed by atoms with E-state index in [0.717, 1.165) is 19.5 Å². The fourth-order valence-corrected chi connectivity index (χ4v) is 5.00. The van der Waals surface area contributed by atoms with E-state index in [0.29, 0.717) is 22.2 Å². The van der Waals surface area contributed by atoms with Gasteiger partial charge < -0.3 is 10.2 Å². The van der Waals surface area contributed by atoms with Gasteiger partial charge in [-0.25, -0.2) is 0 Å². The molecule has 2 saturated heterocycles. The first-order chi connectivity index (χ1) is 15.6. The van der Waals surface area contributed by atoms with Crippen LogP contribution in [0, 0.1) is 22.7 Å². The van der Waals surface area contributed by atoms with Crippen LogP contribution >= 0.6 is 0 Å². The molecular weight excluding hydrogens is 431 g/mol. The lowest BCUT2D eigenvalue weighted by Gasteiger charge is -2.40. The summed E-state index contributed by atoms with van der Waals surface area (Å²) in [5.74, 6) is -1.81. The summed E-state index contributed by atoms with van der Waals surface area (Å²) in [5, 5.41) is 12.9. The number of carbonyl (C=O) groups is 1. The SMILES string of the molecule is CC1(C)CCN(CC(=O)N[C@@H]2C[C@H](C(F)(F)F)CN(c3ccc(C#N)c4ncccc34)C2)C1. The Morgan fingerprint density at radius 2 is 2.09 bits per heavy atom. The number of amides is 1. The van der Waals surface area contributed by atoms with Crippen LogP contribution in [0.4, 0.5) is 18.9 Å². The Balaban J connectivity index is 1.55. The van der Waals surface area contributed by atoms with Crippen molar-refractivity contribution < 1.29 is 18.0 Å². The first kappa shape index (κ1) is 23.3. The summed E-state index contributed by atoms with van der Waals surface area (Å²) in [5.41, 5.74) is 1.57. The molecular formula is C24H28F3N5O. The van der Waals surface area contributed by atoms with Crippen LogP contribution in [0.25, 0.3) is 10.9 Å². The molecule has 1 aromatic carbocycles. The molecule has 33 heavy (non-hydrogen) atoms. The zero-order valence-electron chi connectivity index (χ0n) is 18.8. The zero-order valence-corrected chi connectivity index (χ0v) is 18.8. The Bertz CT molecular complexity index is 1080. The normalized spacial score (nSPS) is 23.5. The quantitative estimate of drug-likeness (QED) is 0.755. The minimum absolute atomic E-state index is 0.147. The molecule has 0 unspecified atom stereocenters. The van der Waals surface area contributed by atoms with Gasteiger partial charge in [0.1, 0.15) is 6.07 Å². The number of pyridine rings is 1.